The molecule has 0 saturated carbocycles. The maximum absolute atomic E-state index is 8.88. The van der Waals surface area contributed by atoms with Crippen molar-refractivity contribution in [1.82, 2.24) is 0 Å². The van der Waals surface area contributed by atoms with Gasteiger partial charge >= 0.3 is 36.0 Å². The molecule has 0 saturated heterocycles. The molecular formula is C32H32ClN3O7PW. The number of hydrogen-bond acceptors (Lipinski definition) is 6. The van der Waals surface area contributed by atoms with E-state index in [9.17, 15) is 0 Å². The van der Waals surface area contributed by atoms with Crippen LogP contribution in [0.1, 0.15) is 16.7 Å². The molecule has 1 aliphatic rings. The zero-order chi connectivity index (χ0) is 32.1. The monoisotopic (exact) mass is 820 g/mol. The van der Waals surface area contributed by atoms with E-state index in [0.29, 0.717) is 0 Å². The van der Waals surface area contributed by atoms with Crippen LogP contribution in [0.2, 0.25) is 0 Å². The molecular weight excluding hydrogens is 789 g/mol. The quantitative estimate of drug-likeness (QED) is 0.0941. The molecule has 0 heterocycles. The van der Waals surface area contributed by atoms with Crippen LogP contribution in [-0.4, -0.2) is 24.2 Å². The summed E-state index contributed by atoms with van der Waals surface area (Å²) in [5, 5.41) is 3.46. The number of rotatable bonds is 5. The van der Waals surface area contributed by atoms with Gasteiger partial charge in [-0.25, -0.2) is 9.56 Å². The first-order chi connectivity index (χ1) is 20.9. The Kier molecular flexibility index (Phi) is 15.0. The van der Waals surface area contributed by atoms with Gasteiger partial charge in [0.2, 0.25) is 0 Å². The van der Waals surface area contributed by atoms with E-state index in [1.54, 1.807) is 0 Å². The number of benzene rings is 4. The molecule has 1 aliphatic carbocycles. The molecule has 0 bridgehead atoms. The third kappa shape index (κ3) is 13.7. The van der Waals surface area contributed by atoms with Gasteiger partial charge < -0.3 is 25.7 Å². The van der Waals surface area contributed by atoms with Crippen LogP contribution in [0.25, 0.3) is 5.57 Å². The van der Waals surface area contributed by atoms with Crippen LogP contribution in [0.15, 0.2) is 138 Å². The summed E-state index contributed by atoms with van der Waals surface area (Å²) in [4.78, 5) is 26.3. The SMILES string of the molecule is Cc1cc(C(=C2C=CC(=Nc3ccccc3)C=C2)c2ccc(Nc3ccccc3)cc2)ccc1N.Cl.O=P(O)(O)O.[O]=[W](=[O])[OH]. The van der Waals surface area contributed by atoms with Gasteiger partial charge in [0.15, 0.2) is 0 Å². The van der Waals surface area contributed by atoms with Crippen molar-refractivity contribution in [1.29, 1.82) is 0 Å². The second kappa shape index (κ2) is 18.1. The molecule has 7 N–H and O–H groups in total. The molecule has 235 valence electrons. The molecule has 4 aromatic carbocycles. The van der Waals surface area contributed by atoms with Gasteiger partial charge in [-0.15, -0.1) is 12.4 Å². The predicted molar refractivity (Wildman–Crippen MR) is 175 cm³/mol. The van der Waals surface area contributed by atoms with Crippen LogP contribution in [0.3, 0.4) is 0 Å². The number of nitrogens with two attached hydrogens (primary N) is 1. The number of nitrogen functional groups attached to an aromatic ring is 1. The number of anilines is 3. The molecule has 13 heteroatoms. The van der Waals surface area contributed by atoms with Gasteiger partial charge in [0.1, 0.15) is 0 Å². The summed E-state index contributed by atoms with van der Waals surface area (Å²) in [6, 6.07) is 35.0. The molecule has 45 heavy (non-hydrogen) atoms. The molecule has 5 rings (SSSR count). The standard InChI is InChI=1S/C32H27N3.ClH.H3O4P.H2O.2O.W/c1-23-22-26(16-21-31(23)33)32(24-12-17-29(18-13-24)34-27-8-4-2-5-9-27)25-14-19-30(20-15-25)35-28-10-6-3-7-11-28;;1-5(2,3)4;;;;/h2-22,34H,33H2,1H3;1H;(H3,1,2,3,4);1H2;;;/q;;;;;;+1/p-1. The number of para-hydroxylation sites is 2. The van der Waals surface area contributed by atoms with Crippen molar-refractivity contribution in [3.05, 3.63) is 150 Å². The Labute approximate surface area is 273 Å². The third-order valence-corrected chi connectivity index (χ3v) is 5.96. The van der Waals surface area contributed by atoms with Crippen LogP contribution in [0.5, 0.6) is 0 Å². The maximum atomic E-state index is 8.88. The molecule has 4 aromatic rings. The molecule has 0 aliphatic heterocycles. The number of nitrogens with zero attached hydrogens (tertiary/aromatic N) is 1. The van der Waals surface area contributed by atoms with E-state index >= 15 is 0 Å². The number of aryl methyl sites for hydroxylation is 1. The first kappa shape index (κ1) is 37.2. The van der Waals surface area contributed by atoms with E-state index in [-0.39, 0.29) is 12.4 Å². The van der Waals surface area contributed by atoms with Crippen LogP contribution in [0, 0.1) is 6.92 Å². The predicted octanol–water partition coefficient (Wildman–Crippen LogP) is 6.72. The molecule has 0 aromatic heterocycles. The van der Waals surface area contributed by atoms with Gasteiger partial charge in [-0.1, -0.05) is 66.7 Å². The molecule has 0 unspecified atom stereocenters. The fourth-order valence-corrected chi connectivity index (χ4v) is 4.09. The summed E-state index contributed by atoms with van der Waals surface area (Å²) < 4.78 is 33.5. The van der Waals surface area contributed by atoms with Gasteiger partial charge in [0.25, 0.3) is 0 Å². The first-order valence-corrected chi connectivity index (χ1v) is 18.3. The molecule has 0 radical (unpaired) electrons. The summed E-state index contributed by atoms with van der Waals surface area (Å²) in [6.45, 7) is 2.05. The number of nitrogens with one attached hydrogen (secondary N) is 1. The zero-order valence-electron chi connectivity index (χ0n) is 23.9. The number of phosphoric acid groups is 1. The minimum absolute atomic E-state index is 0. The minimum atomic E-state index is -4.64. The second-order valence-corrected chi connectivity index (χ2v) is 11.8. The van der Waals surface area contributed by atoms with Crippen molar-refractivity contribution in [2.45, 2.75) is 6.92 Å². The van der Waals surface area contributed by atoms with Gasteiger partial charge in [-0.05, 0) is 95.4 Å². The fourth-order valence-electron chi connectivity index (χ4n) is 4.09. The van der Waals surface area contributed by atoms with E-state index in [0.717, 1.165) is 56.3 Å². The van der Waals surface area contributed by atoms with E-state index in [4.69, 9.17) is 40.5 Å². The van der Waals surface area contributed by atoms with E-state index in [1.165, 1.54) is 0 Å². The Morgan fingerprint density at radius 1 is 0.756 bits per heavy atom. The van der Waals surface area contributed by atoms with Crippen LogP contribution in [0.4, 0.5) is 22.7 Å². The number of aliphatic imine (C=N–C) groups is 1. The Morgan fingerprint density at radius 2 is 1.22 bits per heavy atom. The van der Waals surface area contributed by atoms with Gasteiger partial charge in [-0.2, -0.15) is 0 Å². The Hall–Kier alpha value is -3.98. The van der Waals surface area contributed by atoms with E-state index < -0.39 is 25.4 Å². The molecule has 0 fully saturated rings. The normalized spacial score (nSPS) is 11.6. The van der Waals surface area contributed by atoms with Crippen molar-refractivity contribution in [3.8, 4) is 0 Å². The van der Waals surface area contributed by atoms with Crippen molar-refractivity contribution in [3.63, 3.8) is 0 Å². The second-order valence-electron chi connectivity index (χ2n) is 9.24. The average Bonchev–Trinajstić information content (AvgIpc) is 2.97. The van der Waals surface area contributed by atoms with E-state index in [1.807, 2.05) is 61.5 Å². The summed E-state index contributed by atoms with van der Waals surface area (Å²) >= 11 is -4.03. The Morgan fingerprint density at radius 3 is 1.73 bits per heavy atom. The molecule has 0 atom stereocenters. The van der Waals surface area contributed by atoms with Crippen molar-refractivity contribution < 1.29 is 47.4 Å². The molecule has 0 spiro atoms. The summed E-state index contributed by atoms with van der Waals surface area (Å²) in [5.74, 6) is 0. The van der Waals surface area contributed by atoms with E-state index in [2.05, 4.69) is 78.2 Å². The summed E-state index contributed by atoms with van der Waals surface area (Å²) in [6.07, 6.45) is 8.41. The summed E-state index contributed by atoms with van der Waals surface area (Å²) in [7, 11) is -4.64. The van der Waals surface area contributed by atoms with Crippen LogP contribution >= 0.6 is 20.2 Å². The Bertz CT molecular complexity index is 1770. The van der Waals surface area contributed by atoms with Crippen molar-refractivity contribution in [2.24, 2.45) is 4.99 Å². The van der Waals surface area contributed by atoms with Crippen molar-refractivity contribution >= 4 is 54.3 Å². The van der Waals surface area contributed by atoms with Gasteiger partial charge in [0, 0.05) is 17.1 Å². The first-order valence-electron chi connectivity index (χ1n) is 13.0. The Balaban J connectivity index is 0.000000625. The fraction of sp³-hybridized carbons (Fsp3) is 0.0312. The topological polar surface area (TPSA) is 183 Å². The zero-order valence-corrected chi connectivity index (χ0v) is 28.6. The number of allylic oxidation sites excluding steroid dienone is 5. The molecule has 0 amide bonds. The summed E-state index contributed by atoms with van der Waals surface area (Å²) in [5.41, 5.74) is 16.5. The van der Waals surface area contributed by atoms with Gasteiger partial charge in [-0.3, -0.25) is 0 Å². The van der Waals surface area contributed by atoms with Crippen LogP contribution in [-0.2, 0) is 29.0 Å². The molecule has 10 nitrogen and oxygen atoms in total. The number of halogens is 1. The third-order valence-electron chi connectivity index (χ3n) is 5.96. The number of hydrogen-bond donors (Lipinski definition) is 6. The van der Waals surface area contributed by atoms with Crippen molar-refractivity contribution in [2.75, 3.05) is 11.1 Å². The van der Waals surface area contributed by atoms with Crippen LogP contribution < -0.4 is 11.1 Å². The average molecular weight is 821 g/mol. The van der Waals surface area contributed by atoms with Gasteiger partial charge in [0.05, 0.1) is 11.4 Å².